The number of nitrogens with one attached hydrogen (secondary N) is 2. The highest BCUT2D eigenvalue weighted by Crippen LogP contribution is 2.28. The molecule has 0 amide bonds. The van der Waals surface area contributed by atoms with Gasteiger partial charge in [-0.2, -0.15) is 10.5 Å². The molecule has 0 radical (unpaired) electrons. The molecule has 8 heteroatoms. The van der Waals surface area contributed by atoms with Crippen LogP contribution in [0.25, 0.3) is 21.8 Å². The first kappa shape index (κ1) is 23.6. The Morgan fingerprint density at radius 3 is 1.57 bits per heavy atom. The number of aromatic amines is 2. The summed E-state index contributed by atoms with van der Waals surface area (Å²) in [4.78, 5) is 30.9. The predicted molar refractivity (Wildman–Crippen MR) is 130 cm³/mol. The second-order valence-electron chi connectivity index (χ2n) is 8.00. The number of H-pyrrole nitrogens is 2. The van der Waals surface area contributed by atoms with E-state index in [9.17, 15) is 20.1 Å². The fraction of sp³-hybridized carbons (Fsp3) is 0.259. The molecule has 35 heavy (non-hydrogen) atoms. The molecule has 0 atom stereocenters. The average molecular weight is 469 g/mol. The summed E-state index contributed by atoms with van der Waals surface area (Å²) in [5.41, 5.74) is 5.38. The number of fused-ring (bicyclic) bond motifs is 2. The summed E-state index contributed by atoms with van der Waals surface area (Å²) in [5, 5.41) is 20.2. The zero-order valence-corrected chi connectivity index (χ0v) is 19.5. The van der Waals surface area contributed by atoms with Crippen molar-refractivity contribution in [2.24, 2.45) is 0 Å². The molecule has 0 fully saturated rings. The maximum absolute atomic E-state index is 12.4. The van der Waals surface area contributed by atoms with Crippen molar-refractivity contribution in [2.75, 3.05) is 13.2 Å². The van der Waals surface area contributed by atoms with Crippen LogP contribution >= 0.6 is 0 Å². The van der Waals surface area contributed by atoms with E-state index in [-0.39, 0.29) is 26.1 Å². The molecule has 4 aromatic rings. The van der Waals surface area contributed by atoms with E-state index < -0.39 is 11.9 Å². The summed E-state index contributed by atoms with van der Waals surface area (Å²) < 4.78 is 10.3. The molecule has 4 rings (SSSR count). The summed E-state index contributed by atoms with van der Waals surface area (Å²) in [6, 6.07) is 15.9. The molecule has 2 heterocycles. The highest BCUT2D eigenvalue weighted by molar-refractivity contribution is 5.99. The third-order valence-electron chi connectivity index (χ3n) is 5.82. The number of hydrogen-bond donors (Lipinski definition) is 2. The van der Waals surface area contributed by atoms with Gasteiger partial charge < -0.3 is 19.4 Å². The molecule has 0 spiro atoms. The SMILES string of the molecule is CCOC(=O)c1[nH]c2ccc(Cc3ccc4[nH]c(C(=O)OCC)c(CC#N)c4c3)cc2c1CC#N. The Morgan fingerprint density at radius 2 is 1.20 bits per heavy atom. The van der Waals surface area contributed by atoms with Gasteiger partial charge in [-0.05, 0) is 55.7 Å². The van der Waals surface area contributed by atoms with E-state index in [4.69, 9.17) is 9.47 Å². The van der Waals surface area contributed by atoms with Crippen LogP contribution in [0.3, 0.4) is 0 Å². The molecule has 2 N–H and O–H groups in total. The summed E-state index contributed by atoms with van der Waals surface area (Å²) in [5.74, 6) is -0.952. The first-order valence-electron chi connectivity index (χ1n) is 11.4. The lowest BCUT2D eigenvalue weighted by atomic mass is 9.99. The number of ether oxygens (including phenoxy) is 2. The number of carbonyl (C=O) groups is 2. The van der Waals surface area contributed by atoms with E-state index in [2.05, 4.69) is 22.1 Å². The average Bonchev–Trinajstić information content (AvgIpc) is 3.38. The minimum absolute atomic E-state index is 0.0844. The topological polar surface area (TPSA) is 132 Å². The fourth-order valence-electron chi connectivity index (χ4n) is 4.33. The molecular formula is C27H24N4O4. The Hall–Kier alpha value is -4.56. The Labute approximate surface area is 202 Å². The van der Waals surface area contributed by atoms with Crippen molar-refractivity contribution in [3.05, 3.63) is 70.0 Å². The van der Waals surface area contributed by atoms with Crippen LogP contribution in [0.5, 0.6) is 0 Å². The van der Waals surface area contributed by atoms with Gasteiger partial charge in [-0.1, -0.05) is 12.1 Å². The predicted octanol–water partition coefficient (Wildman–Crippen LogP) is 4.73. The molecule has 0 aliphatic heterocycles. The summed E-state index contributed by atoms with van der Waals surface area (Å²) in [7, 11) is 0. The van der Waals surface area contributed by atoms with Gasteiger partial charge in [0.05, 0.1) is 38.2 Å². The number of esters is 2. The molecule has 0 aliphatic rings. The van der Waals surface area contributed by atoms with Gasteiger partial charge in [-0.25, -0.2) is 9.59 Å². The van der Waals surface area contributed by atoms with Crippen LogP contribution in [0, 0.1) is 22.7 Å². The van der Waals surface area contributed by atoms with E-state index in [0.717, 1.165) is 32.9 Å². The molecule has 2 aromatic carbocycles. The molecule has 0 saturated carbocycles. The Balaban J connectivity index is 1.72. The van der Waals surface area contributed by atoms with Crippen molar-refractivity contribution in [3.63, 3.8) is 0 Å². The van der Waals surface area contributed by atoms with Crippen LogP contribution in [0.2, 0.25) is 0 Å². The van der Waals surface area contributed by atoms with Crippen LogP contribution in [0.1, 0.15) is 57.1 Å². The number of benzene rings is 2. The molecule has 176 valence electrons. The highest BCUT2D eigenvalue weighted by Gasteiger charge is 2.20. The minimum atomic E-state index is -0.476. The maximum atomic E-state index is 12.4. The van der Waals surface area contributed by atoms with Gasteiger partial charge in [0.2, 0.25) is 0 Å². The zero-order chi connectivity index (χ0) is 24.9. The van der Waals surface area contributed by atoms with E-state index in [1.807, 2.05) is 36.4 Å². The fourth-order valence-corrected chi connectivity index (χ4v) is 4.33. The molecule has 0 saturated heterocycles. The Kier molecular flexibility index (Phi) is 6.84. The number of hydrogen-bond acceptors (Lipinski definition) is 6. The second-order valence-corrected chi connectivity index (χ2v) is 8.00. The van der Waals surface area contributed by atoms with Crippen LogP contribution in [0.4, 0.5) is 0 Å². The lowest BCUT2D eigenvalue weighted by Crippen LogP contribution is -2.07. The normalized spacial score (nSPS) is 10.7. The van der Waals surface area contributed by atoms with Gasteiger partial charge >= 0.3 is 11.9 Å². The molecule has 2 aromatic heterocycles. The zero-order valence-electron chi connectivity index (χ0n) is 19.5. The quantitative estimate of drug-likeness (QED) is 0.360. The van der Waals surface area contributed by atoms with Crippen LogP contribution in [-0.2, 0) is 28.7 Å². The summed E-state index contributed by atoms with van der Waals surface area (Å²) in [6.07, 6.45) is 0.756. The molecule has 0 bridgehead atoms. The maximum Gasteiger partial charge on any atom is 0.355 e. The van der Waals surface area contributed by atoms with Gasteiger partial charge in [0.25, 0.3) is 0 Å². The molecule has 0 unspecified atom stereocenters. The molecule has 0 aliphatic carbocycles. The van der Waals surface area contributed by atoms with Crippen molar-refractivity contribution in [2.45, 2.75) is 33.1 Å². The second kappa shape index (κ2) is 10.1. The molecule has 8 nitrogen and oxygen atoms in total. The standard InChI is InChI=1S/C27H24N4O4/c1-3-34-26(32)24-18(9-11-28)20-14-16(5-7-22(20)30-24)13-17-6-8-23-21(15-17)19(10-12-29)25(31-23)27(33)35-4-2/h5-8,14-15,30-31H,3-4,9-10,13H2,1-2H3. The van der Waals surface area contributed by atoms with Crippen LogP contribution < -0.4 is 0 Å². The van der Waals surface area contributed by atoms with Crippen LogP contribution in [-0.4, -0.2) is 35.1 Å². The van der Waals surface area contributed by atoms with Crippen molar-refractivity contribution < 1.29 is 19.1 Å². The lowest BCUT2D eigenvalue weighted by molar-refractivity contribution is 0.0510. The third kappa shape index (κ3) is 4.60. The summed E-state index contributed by atoms with van der Waals surface area (Å²) in [6.45, 7) is 3.97. The minimum Gasteiger partial charge on any atom is -0.461 e. The Bertz CT molecular complexity index is 1400. The van der Waals surface area contributed by atoms with E-state index in [0.29, 0.717) is 28.9 Å². The summed E-state index contributed by atoms with van der Waals surface area (Å²) >= 11 is 0. The molecular weight excluding hydrogens is 444 g/mol. The van der Waals surface area contributed by atoms with Gasteiger partial charge in [0, 0.05) is 32.9 Å². The number of nitriles is 2. The van der Waals surface area contributed by atoms with Crippen molar-refractivity contribution in [1.82, 2.24) is 9.97 Å². The largest absolute Gasteiger partial charge is 0.461 e. The van der Waals surface area contributed by atoms with E-state index in [1.165, 1.54) is 0 Å². The van der Waals surface area contributed by atoms with Gasteiger partial charge in [0.1, 0.15) is 11.4 Å². The van der Waals surface area contributed by atoms with Gasteiger partial charge in [0.15, 0.2) is 0 Å². The van der Waals surface area contributed by atoms with Crippen molar-refractivity contribution >= 4 is 33.7 Å². The number of nitrogens with zero attached hydrogens (tertiary/aromatic N) is 2. The van der Waals surface area contributed by atoms with Gasteiger partial charge in [-0.15, -0.1) is 0 Å². The lowest BCUT2D eigenvalue weighted by Gasteiger charge is -2.05. The van der Waals surface area contributed by atoms with Gasteiger partial charge in [-0.3, -0.25) is 0 Å². The van der Waals surface area contributed by atoms with E-state index in [1.54, 1.807) is 13.8 Å². The van der Waals surface area contributed by atoms with Crippen LogP contribution in [0.15, 0.2) is 36.4 Å². The third-order valence-corrected chi connectivity index (χ3v) is 5.82. The number of carbonyl (C=O) groups excluding carboxylic acids is 2. The first-order valence-corrected chi connectivity index (χ1v) is 11.4. The highest BCUT2D eigenvalue weighted by atomic mass is 16.5. The van der Waals surface area contributed by atoms with Crippen molar-refractivity contribution in [1.29, 1.82) is 10.5 Å². The van der Waals surface area contributed by atoms with E-state index >= 15 is 0 Å². The smallest absolute Gasteiger partial charge is 0.355 e. The van der Waals surface area contributed by atoms with Crippen molar-refractivity contribution in [3.8, 4) is 12.1 Å². The first-order chi connectivity index (χ1) is 17.0. The number of rotatable bonds is 8. The Morgan fingerprint density at radius 1 is 0.771 bits per heavy atom. The monoisotopic (exact) mass is 468 g/mol. The number of aromatic nitrogens is 2.